The van der Waals surface area contributed by atoms with Crippen LogP contribution in [0.25, 0.3) is 34.2 Å². The van der Waals surface area contributed by atoms with Gasteiger partial charge in [0.1, 0.15) is 48.6 Å². The number of rotatable bonds is 42. The molecule has 1 aromatic heterocycles. The SMILES string of the molecule is CC1(C)CC(OC(=O)CCCCCCCCC(=O)OC2CC(C)(C)NC(C)(C)C2)CC(C)(C)N1.CCCCCCCCCCCCCOCC(O)COc1ccc(-c2nc(-c3ccc(C)cc3C)nc(-c3ccc(C)cc3C)n2)c(O)c1.CN1C(C)(C)CC(OC(=O)CCCCCCCCC(=O)OC2CC(C)(C)N(C)C(C)(C)C2)CC1(C)C. The number of carbonyl (C=O) groups is 4. The summed E-state index contributed by atoms with van der Waals surface area (Å²) in [6.45, 7) is 46.6. The molecule has 8 rings (SSSR count). The van der Waals surface area contributed by atoms with Gasteiger partial charge < -0.3 is 49.3 Å². The van der Waals surface area contributed by atoms with Gasteiger partial charge in [-0.25, -0.2) is 15.0 Å². The highest BCUT2D eigenvalue weighted by molar-refractivity contribution is 5.73. The van der Waals surface area contributed by atoms with Crippen LogP contribution >= 0.6 is 0 Å². The predicted octanol–water partition coefficient (Wildman–Crippen LogP) is 22.2. The molecule has 4 N–H and O–H groups in total. The second-order valence-electron chi connectivity index (χ2n) is 40.7. The minimum atomic E-state index is -0.760. The van der Waals surface area contributed by atoms with E-state index in [1.54, 1.807) is 12.1 Å². The van der Waals surface area contributed by atoms with E-state index in [1.807, 2.05) is 38.1 Å². The molecular weight excluding hydrogens is 1480 g/mol. The highest BCUT2D eigenvalue weighted by Crippen LogP contribution is 2.42. The third-order valence-corrected chi connectivity index (χ3v) is 24.8. The Balaban J connectivity index is 0.000000281. The maximum absolute atomic E-state index is 12.4. The van der Waals surface area contributed by atoms with Gasteiger partial charge in [0, 0.05) is 145 Å². The summed E-state index contributed by atoms with van der Waals surface area (Å²) in [5.41, 5.74) is 6.79. The van der Waals surface area contributed by atoms with Crippen LogP contribution in [0.4, 0.5) is 0 Å². The van der Waals surface area contributed by atoms with Crippen molar-refractivity contribution >= 4 is 23.9 Å². The number of piperidine rings is 4. The van der Waals surface area contributed by atoms with Crippen LogP contribution in [0.2, 0.25) is 0 Å². The molecule has 4 aliphatic rings. The van der Waals surface area contributed by atoms with Crippen LogP contribution in [0.5, 0.6) is 11.5 Å². The van der Waals surface area contributed by atoms with Crippen LogP contribution in [-0.4, -0.2) is 168 Å². The van der Waals surface area contributed by atoms with Crippen molar-refractivity contribution in [1.29, 1.82) is 0 Å². The quantitative estimate of drug-likeness (QED) is 0.0183. The molecule has 4 aliphatic heterocycles. The minimum Gasteiger partial charge on any atom is -0.507 e. The number of nitrogens with one attached hydrogen (secondary N) is 2. The van der Waals surface area contributed by atoms with Gasteiger partial charge in [0.2, 0.25) is 0 Å². The van der Waals surface area contributed by atoms with Crippen molar-refractivity contribution in [3.8, 4) is 45.7 Å². The van der Waals surface area contributed by atoms with E-state index in [0.717, 1.165) is 175 Å². The molecule has 0 saturated carbocycles. The van der Waals surface area contributed by atoms with Crippen LogP contribution in [0.15, 0.2) is 54.6 Å². The molecule has 0 bridgehead atoms. The first-order chi connectivity index (χ1) is 55.3. The first-order valence-corrected chi connectivity index (χ1v) is 45.8. The van der Waals surface area contributed by atoms with E-state index in [2.05, 4.69) is 178 Å². The molecule has 19 heteroatoms. The number of aromatic nitrogens is 3. The fraction of sp³-hybridized carbons (Fsp3) is 0.747. The zero-order valence-corrected chi connectivity index (χ0v) is 78.2. The lowest BCUT2D eigenvalue weighted by Gasteiger charge is -2.53. The molecule has 4 fully saturated rings. The lowest BCUT2D eigenvalue weighted by molar-refractivity contribution is -0.160. The molecule has 666 valence electrons. The van der Waals surface area contributed by atoms with Crippen molar-refractivity contribution in [2.24, 2.45) is 0 Å². The number of aryl methyl sites for hydroxylation is 4. The molecule has 0 radical (unpaired) electrons. The molecule has 1 atom stereocenters. The third-order valence-electron chi connectivity index (χ3n) is 24.8. The predicted molar refractivity (Wildman–Crippen MR) is 480 cm³/mol. The van der Waals surface area contributed by atoms with E-state index in [1.165, 1.54) is 63.9 Å². The van der Waals surface area contributed by atoms with Crippen LogP contribution in [0, 0.1) is 27.7 Å². The van der Waals surface area contributed by atoms with Gasteiger partial charge in [-0.15, -0.1) is 0 Å². The van der Waals surface area contributed by atoms with Gasteiger partial charge in [0.05, 0.1) is 12.2 Å². The molecular formula is C99H163N7O12. The summed E-state index contributed by atoms with van der Waals surface area (Å²) < 4.78 is 34.8. The van der Waals surface area contributed by atoms with Crippen molar-refractivity contribution in [2.75, 3.05) is 33.9 Å². The average molecular weight is 1640 g/mol. The normalized spacial score (nSPS) is 19.2. The molecule has 5 heterocycles. The molecule has 3 aromatic carbocycles. The van der Waals surface area contributed by atoms with Gasteiger partial charge in [-0.1, -0.05) is 170 Å². The Hall–Kier alpha value is -6.09. The van der Waals surface area contributed by atoms with E-state index in [9.17, 15) is 29.4 Å². The molecule has 19 nitrogen and oxygen atoms in total. The molecule has 0 amide bonds. The van der Waals surface area contributed by atoms with Crippen LogP contribution < -0.4 is 15.4 Å². The fourth-order valence-electron chi connectivity index (χ4n) is 18.8. The van der Waals surface area contributed by atoms with E-state index in [4.69, 9.17) is 43.4 Å². The number of phenols is 1. The van der Waals surface area contributed by atoms with E-state index in [0.29, 0.717) is 61.1 Å². The summed E-state index contributed by atoms with van der Waals surface area (Å²) in [5, 5.41) is 28.7. The van der Waals surface area contributed by atoms with Crippen molar-refractivity contribution in [3.63, 3.8) is 0 Å². The smallest absolute Gasteiger partial charge is 0.306 e. The average Bonchev–Trinajstić information content (AvgIpc) is 0.784. The molecule has 0 spiro atoms. The Morgan fingerprint density at radius 1 is 0.398 bits per heavy atom. The van der Waals surface area contributed by atoms with Gasteiger partial charge >= 0.3 is 23.9 Å². The number of esters is 4. The number of aromatic hydroxyl groups is 1. The number of aliphatic hydroxyl groups excluding tert-OH is 1. The van der Waals surface area contributed by atoms with Crippen molar-refractivity contribution in [2.45, 2.75) is 445 Å². The number of benzene rings is 3. The minimum absolute atomic E-state index is 0.000484. The Morgan fingerprint density at radius 2 is 0.686 bits per heavy atom. The molecule has 0 aliphatic carbocycles. The van der Waals surface area contributed by atoms with Crippen LogP contribution in [0.3, 0.4) is 0 Å². The van der Waals surface area contributed by atoms with Gasteiger partial charge in [0.15, 0.2) is 17.5 Å². The number of aliphatic hydroxyl groups is 1. The summed E-state index contributed by atoms with van der Waals surface area (Å²) in [6, 6.07) is 17.4. The molecule has 1 unspecified atom stereocenters. The highest BCUT2D eigenvalue weighted by Gasteiger charge is 2.47. The van der Waals surface area contributed by atoms with E-state index < -0.39 is 6.10 Å². The second kappa shape index (κ2) is 47.0. The zero-order valence-electron chi connectivity index (χ0n) is 78.2. The maximum atomic E-state index is 12.4. The number of carbonyl (C=O) groups excluding carboxylic acids is 4. The number of hydrogen-bond acceptors (Lipinski definition) is 19. The number of hydrogen-bond donors (Lipinski definition) is 4. The van der Waals surface area contributed by atoms with Crippen molar-refractivity contribution in [3.05, 3.63) is 76.9 Å². The topological polar surface area (TPSA) is 233 Å². The van der Waals surface area contributed by atoms with Gasteiger partial charge in [-0.05, 0) is 208 Å². The van der Waals surface area contributed by atoms with E-state index >= 15 is 0 Å². The Morgan fingerprint density at radius 3 is 1.00 bits per heavy atom. The van der Waals surface area contributed by atoms with E-state index in [-0.39, 0.29) is 112 Å². The second-order valence-corrected chi connectivity index (χ2v) is 40.7. The maximum Gasteiger partial charge on any atom is 0.306 e. The van der Waals surface area contributed by atoms with Crippen LogP contribution in [0.1, 0.15) is 365 Å². The summed E-state index contributed by atoms with van der Waals surface area (Å²) >= 11 is 0. The summed E-state index contributed by atoms with van der Waals surface area (Å²) in [7, 11) is 4.33. The van der Waals surface area contributed by atoms with Gasteiger partial charge in [0.25, 0.3) is 0 Å². The Kier molecular flexibility index (Phi) is 40.1. The first kappa shape index (κ1) is 101. The number of phenolic OH excluding ortho intramolecular Hbond substituents is 1. The van der Waals surface area contributed by atoms with Crippen LogP contribution in [-0.2, 0) is 42.9 Å². The summed E-state index contributed by atoms with van der Waals surface area (Å²) in [4.78, 5) is 68.7. The fourth-order valence-corrected chi connectivity index (χ4v) is 18.8. The van der Waals surface area contributed by atoms with Crippen molar-refractivity contribution in [1.82, 2.24) is 35.4 Å². The van der Waals surface area contributed by atoms with Crippen molar-refractivity contribution < 1.29 is 57.8 Å². The standard InChI is InChI=1S/C41H55N3O4.C30H56N2O4.C28H52N2O4/c1-6-7-8-9-10-11-12-13-14-15-16-23-47-27-33(45)28-48-34-19-22-37(38(46)26-34)41-43-39(35-20-17-29(2)24-31(35)4)42-40(44-41)36-21-18-30(3)25-32(36)5;1-27(2)19-23(20-28(3,4)31(27)9)35-25(33)17-15-13-11-12-14-16-18-26(34)36-24-21-29(5,6)32(10)30(7,8)22-24;1-25(2)17-21(18-26(3,4)29-25)33-23(31)15-13-11-9-10-12-14-16-24(32)34-22-19-27(5,6)30-28(7,8)20-22/h17-22,24-26,33,45-46H,6-16,23,27-28H2,1-5H3;23-24H,11-22H2,1-10H3;21-22,29-30H,9-20H2,1-8H3. The monoisotopic (exact) mass is 1640 g/mol. The Labute approximate surface area is 714 Å². The molecule has 118 heavy (non-hydrogen) atoms. The Bertz CT molecular complexity index is 3470. The number of ether oxygens (including phenoxy) is 6. The number of likely N-dealkylation sites (tertiary alicyclic amines) is 2. The number of nitrogens with zero attached hydrogens (tertiary/aromatic N) is 5. The molecule has 4 saturated heterocycles. The zero-order chi connectivity index (χ0) is 87.3. The largest absolute Gasteiger partial charge is 0.507 e. The van der Waals surface area contributed by atoms with Gasteiger partial charge in [-0.3, -0.25) is 29.0 Å². The number of unbranched alkanes of at least 4 members (excludes halogenated alkanes) is 20. The highest BCUT2D eigenvalue weighted by atomic mass is 16.6. The first-order valence-electron chi connectivity index (χ1n) is 45.8. The third kappa shape index (κ3) is 35.8. The lowest BCUT2D eigenvalue weighted by Crippen LogP contribution is -2.60. The van der Waals surface area contributed by atoms with Gasteiger partial charge in [-0.2, -0.15) is 0 Å². The summed E-state index contributed by atoms with van der Waals surface area (Å²) in [6.07, 6.45) is 34.4. The summed E-state index contributed by atoms with van der Waals surface area (Å²) in [5.74, 6) is 1.65. The molecule has 4 aromatic rings. The lowest BCUT2D eigenvalue weighted by atomic mass is 9.78.